The Morgan fingerprint density at radius 1 is 1.07 bits per heavy atom. The van der Waals surface area contributed by atoms with Crippen LogP contribution in [0.4, 0.5) is 0 Å². The van der Waals surface area contributed by atoms with Crippen LogP contribution < -0.4 is 14.8 Å². The molecule has 2 aromatic rings. The maximum Gasteiger partial charge on any atom is 0.307 e. The van der Waals surface area contributed by atoms with Crippen molar-refractivity contribution in [1.82, 2.24) is 5.32 Å². The molecule has 1 amide bonds. The molecular formula is C21H22ClNO5. The number of rotatable bonds is 9. The van der Waals surface area contributed by atoms with Crippen molar-refractivity contribution in [3.05, 3.63) is 64.7 Å². The third-order valence-electron chi connectivity index (χ3n) is 3.78. The van der Waals surface area contributed by atoms with Crippen molar-refractivity contribution in [2.45, 2.75) is 13.0 Å². The maximum atomic E-state index is 11.8. The molecule has 2 rings (SSSR count). The summed E-state index contributed by atoms with van der Waals surface area (Å²) >= 11 is 5.88. The zero-order valence-corrected chi connectivity index (χ0v) is 16.5. The second-order valence-electron chi connectivity index (χ2n) is 5.78. The lowest BCUT2D eigenvalue weighted by molar-refractivity contribution is -0.140. The van der Waals surface area contributed by atoms with E-state index in [9.17, 15) is 9.59 Å². The van der Waals surface area contributed by atoms with E-state index in [0.717, 1.165) is 11.1 Å². The van der Waals surface area contributed by atoms with Crippen LogP contribution >= 0.6 is 11.6 Å². The van der Waals surface area contributed by atoms with Crippen molar-refractivity contribution in [2.24, 2.45) is 0 Å². The van der Waals surface area contributed by atoms with Crippen LogP contribution in [0.2, 0.25) is 5.02 Å². The van der Waals surface area contributed by atoms with Crippen molar-refractivity contribution in [3.8, 4) is 11.5 Å². The Morgan fingerprint density at radius 3 is 2.50 bits per heavy atom. The molecule has 0 bridgehead atoms. The van der Waals surface area contributed by atoms with Crippen LogP contribution in [-0.2, 0) is 20.9 Å². The number of hydrogen-bond donors (Lipinski definition) is 1. The average molecular weight is 404 g/mol. The molecule has 148 valence electrons. The van der Waals surface area contributed by atoms with E-state index in [1.165, 1.54) is 13.2 Å². The second kappa shape index (κ2) is 11.0. The Kier molecular flexibility index (Phi) is 8.37. The number of ether oxygens (including phenoxy) is 3. The molecule has 0 unspecified atom stereocenters. The fourth-order valence-electron chi connectivity index (χ4n) is 2.27. The maximum absolute atomic E-state index is 11.8. The molecule has 0 aliphatic carbocycles. The van der Waals surface area contributed by atoms with Gasteiger partial charge in [0.2, 0.25) is 5.91 Å². The average Bonchev–Trinajstić information content (AvgIpc) is 2.71. The normalized spacial score (nSPS) is 10.5. The number of methoxy groups -OCH3 is 2. The summed E-state index contributed by atoms with van der Waals surface area (Å²) in [4.78, 5) is 22.8. The van der Waals surface area contributed by atoms with E-state index in [0.29, 0.717) is 23.1 Å². The van der Waals surface area contributed by atoms with Gasteiger partial charge in [0, 0.05) is 17.6 Å². The fourth-order valence-corrected chi connectivity index (χ4v) is 2.40. The Bertz CT molecular complexity index is 833. The van der Waals surface area contributed by atoms with Gasteiger partial charge >= 0.3 is 5.97 Å². The summed E-state index contributed by atoms with van der Waals surface area (Å²) in [6.07, 6.45) is 3.17. The summed E-state index contributed by atoms with van der Waals surface area (Å²) in [5.74, 6) is 0.480. The number of carbonyl (C=O) groups is 2. The molecule has 0 atom stereocenters. The van der Waals surface area contributed by atoms with E-state index < -0.39 is 0 Å². The van der Waals surface area contributed by atoms with Crippen LogP contribution in [-0.4, -0.2) is 32.6 Å². The Labute approximate surface area is 169 Å². The first-order chi connectivity index (χ1) is 13.5. The van der Waals surface area contributed by atoms with Crippen LogP contribution in [0.25, 0.3) is 6.08 Å². The van der Waals surface area contributed by atoms with Crippen LogP contribution in [0.5, 0.6) is 11.5 Å². The van der Waals surface area contributed by atoms with E-state index in [1.807, 2.05) is 30.3 Å². The molecule has 0 radical (unpaired) electrons. The highest BCUT2D eigenvalue weighted by atomic mass is 35.5. The van der Waals surface area contributed by atoms with E-state index in [2.05, 4.69) is 10.1 Å². The molecule has 0 aromatic heterocycles. The highest BCUT2D eigenvalue weighted by Gasteiger charge is 2.06. The lowest BCUT2D eigenvalue weighted by Crippen LogP contribution is -2.24. The molecule has 7 heteroatoms. The van der Waals surface area contributed by atoms with Crippen molar-refractivity contribution in [1.29, 1.82) is 0 Å². The minimum absolute atomic E-state index is 0.129. The van der Waals surface area contributed by atoms with Crippen LogP contribution in [0.15, 0.2) is 48.5 Å². The molecule has 0 fully saturated rings. The molecule has 0 heterocycles. The van der Waals surface area contributed by atoms with Gasteiger partial charge in [-0.25, -0.2) is 0 Å². The number of esters is 1. The summed E-state index contributed by atoms with van der Waals surface area (Å²) in [6.45, 7) is 0.599. The lowest BCUT2D eigenvalue weighted by atomic mass is 10.2. The minimum atomic E-state index is -0.372. The van der Waals surface area contributed by atoms with Gasteiger partial charge in [-0.05, 0) is 41.5 Å². The van der Waals surface area contributed by atoms with Crippen molar-refractivity contribution in [3.63, 3.8) is 0 Å². The van der Waals surface area contributed by atoms with Crippen molar-refractivity contribution in [2.75, 3.05) is 20.8 Å². The molecular weight excluding hydrogens is 382 g/mol. The Hall–Kier alpha value is -2.99. The largest absolute Gasteiger partial charge is 0.493 e. The van der Waals surface area contributed by atoms with Crippen molar-refractivity contribution < 1.29 is 23.8 Å². The molecule has 2 aromatic carbocycles. The summed E-state index contributed by atoms with van der Waals surface area (Å²) < 4.78 is 15.7. The third kappa shape index (κ3) is 6.96. The number of carbonyl (C=O) groups excluding carboxylic acids is 2. The van der Waals surface area contributed by atoms with Gasteiger partial charge in [-0.2, -0.15) is 0 Å². The molecule has 0 aliphatic heterocycles. The van der Waals surface area contributed by atoms with Gasteiger partial charge < -0.3 is 19.5 Å². The number of halogens is 1. The first kappa shape index (κ1) is 21.3. The first-order valence-electron chi connectivity index (χ1n) is 8.60. The van der Waals surface area contributed by atoms with Crippen LogP contribution in [0, 0.1) is 0 Å². The van der Waals surface area contributed by atoms with Crippen LogP contribution in [0.3, 0.4) is 0 Å². The number of hydrogen-bond acceptors (Lipinski definition) is 5. The fraction of sp³-hybridized carbons (Fsp3) is 0.238. The van der Waals surface area contributed by atoms with E-state index >= 15 is 0 Å². The predicted molar refractivity (Wildman–Crippen MR) is 107 cm³/mol. The smallest absolute Gasteiger partial charge is 0.307 e. The van der Waals surface area contributed by atoms with Gasteiger partial charge in [-0.3, -0.25) is 9.59 Å². The van der Waals surface area contributed by atoms with Gasteiger partial charge in [-0.15, -0.1) is 0 Å². The number of nitrogens with one attached hydrogen (secondary N) is 1. The highest BCUT2D eigenvalue weighted by molar-refractivity contribution is 6.30. The summed E-state index contributed by atoms with van der Waals surface area (Å²) in [6, 6.07) is 12.8. The zero-order chi connectivity index (χ0) is 20.4. The molecule has 0 saturated heterocycles. The standard InChI is InChI=1S/C21H22ClNO5/c1-26-19-13-15(6-10-20(24)23-12-11-21(25)27-2)5-9-18(19)28-14-16-3-7-17(22)8-4-16/h3-10,13H,11-12,14H2,1-2H3,(H,23,24)/b10-6+. The van der Waals surface area contributed by atoms with Gasteiger partial charge in [0.05, 0.1) is 20.6 Å². The predicted octanol–water partition coefficient (Wildman–Crippen LogP) is 3.62. The third-order valence-corrected chi connectivity index (χ3v) is 4.03. The van der Waals surface area contributed by atoms with Gasteiger partial charge in [0.25, 0.3) is 0 Å². The topological polar surface area (TPSA) is 73.9 Å². The molecule has 0 spiro atoms. The Morgan fingerprint density at radius 2 is 1.82 bits per heavy atom. The zero-order valence-electron chi connectivity index (χ0n) is 15.7. The van der Waals surface area contributed by atoms with Gasteiger partial charge in [0.1, 0.15) is 6.61 Å². The van der Waals surface area contributed by atoms with Crippen molar-refractivity contribution >= 4 is 29.6 Å². The second-order valence-corrected chi connectivity index (χ2v) is 6.21. The first-order valence-corrected chi connectivity index (χ1v) is 8.97. The van der Waals surface area contributed by atoms with Crippen LogP contribution in [0.1, 0.15) is 17.5 Å². The number of amides is 1. The minimum Gasteiger partial charge on any atom is -0.493 e. The Balaban J connectivity index is 1.93. The molecule has 0 aliphatic rings. The highest BCUT2D eigenvalue weighted by Crippen LogP contribution is 2.29. The summed E-state index contributed by atoms with van der Waals surface area (Å²) in [7, 11) is 2.86. The molecule has 0 saturated carbocycles. The van der Waals surface area contributed by atoms with E-state index in [1.54, 1.807) is 25.3 Å². The quantitative estimate of drug-likeness (QED) is 0.511. The lowest BCUT2D eigenvalue weighted by Gasteiger charge is -2.11. The van der Waals surface area contributed by atoms with Gasteiger partial charge in [0.15, 0.2) is 11.5 Å². The molecule has 6 nitrogen and oxygen atoms in total. The van der Waals surface area contributed by atoms with E-state index in [4.69, 9.17) is 21.1 Å². The monoisotopic (exact) mass is 403 g/mol. The summed E-state index contributed by atoms with van der Waals surface area (Å²) in [5, 5.41) is 3.28. The molecule has 28 heavy (non-hydrogen) atoms. The summed E-state index contributed by atoms with van der Waals surface area (Å²) in [5.41, 5.74) is 1.76. The van der Waals surface area contributed by atoms with Gasteiger partial charge in [-0.1, -0.05) is 29.8 Å². The molecule has 1 N–H and O–H groups in total. The van der Waals surface area contributed by atoms with E-state index in [-0.39, 0.29) is 24.8 Å². The number of benzene rings is 2. The SMILES string of the molecule is COC(=O)CCNC(=O)/C=C/c1ccc(OCc2ccc(Cl)cc2)c(OC)c1.